The van der Waals surface area contributed by atoms with Gasteiger partial charge >= 0.3 is 27.6 Å². The van der Waals surface area contributed by atoms with Crippen LogP contribution in [0.1, 0.15) is 142 Å². The summed E-state index contributed by atoms with van der Waals surface area (Å²) in [6, 6.07) is 0. The molecule has 1 rings (SSSR count). The molecule has 0 heterocycles. The number of phosphoric ester groups is 2. The highest BCUT2D eigenvalue weighted by Gasteiger charge is 2.54. The van der Waals surface area contributed by atoms with Gasteiger partial charge in [-0.1, -0.05) is 150 Å². The van der Waals surface area contributed by atoms with Crippen LogP contribution in [0.3, 0.4) is 0 Å². The van der Waals surface area contributed by atoms with Crippen LogP contribution < -0.4 is 0 Å². The number of carbonyl (C=O) groups excluding carboxylic acids is 2. The first kappa shape index (κ1) is 64.1. The van der Waals surface area contributed by atoms with Crippen molar-refractivity contribution in [3.63, 3.8) is 0 Å². The van der Waals surface area contributed by atoms with E-state index in [-0.39, 0.29) is 12.8 Å². The van der Waals surface area contributed by atoms with Crippen LogP contribution in [0, 0.1) is 0 Å². The predicted octanol–water partition coefficient (Wildman–Crippen LogP) is 7.34. The highest BCUT2D eigenvalue weighted by molar-refractivity contribution is 7.47. The first-order chi connectivity index (χ1) is 32.9. The largest absolute Gasteiger partial charge is 0.472 e. The number of aliphatic hydroxyl groups excluding tert-OH is 6. The van der Waals surface area contributed by atoms with E-state index in [2.05, 4.69) is 23.6 Å². The van der Waals surface area contributed by atoms with Gasteiger partial charge in [0.05, 0.1) is 18.8 Å². The van der Waals surface area contributed by atoms with E-state index in [4.69, 9.17) is 18.5 Å². The van der Waals surface area contributed by atoms with Gasteiger partial charge in [0.25, 0.3) is 0 Å². The summed E-state index contributed by atoms with van der Waals surface area (Å²) in [5.74, 6) is -1.40. The fourth-order valence-electron chi connectivity index (χ4n) is 6.82. The van der Waals surface area contributed by atoms with Crippen molar-refractivity contribution in [2.45, 2.75) is 197 Å². The molecule has 396 valence electrons. The molecule has 1 fully saturated rings. The molecule has 0 aromatic heterocycles. The monoisotopic (exact) mass is 1020 g/mol. The zero-order valence-corrected chi connectivity index (χ0v) is 42.2. The Morgan fingerprint density at radius 1 is 0.565 bits per heavy atom. The molecular formula is C49H82O18P2. The second-order valence-corrected chi connectivity index (χ2v) is 19.4. The minimum atomic E-state index is -5.39. The van der Waals surface area contributed by atoms with E-state index in [1.54, 1.807) is 42.5 Å². The van der Waals surface area contributed by atoms with Crippen LogP contribution in [0.4, 0.5) is 0 Å². The molecule has 10 atom stereocenters. The molecule has 1 aliphatic carbocycles. The zero-order valence-electron chi connectivity index (χ0n) is 40.4. The first-order valence-electron chi connectivity index (χ1n) is 24.4. The van der Waals surface area contributed by atoms with E-state index in [9.17, 15) is 64.0 Å². The van der Waals surface area contributed by atoms with Crippen LogP contribution in [-0.4, -0.2) is 125 Å². The van der Waals surface area contributed by atoms with Crippen LogP contribution in [0.15, 0.2) is 85.1 Å². The smallest absolute Gasteiger partial charge is 0.462 e. The minimum absolute atomic E-state index is 0.00845. The molecule has 0 aliphatic heterocycles. The van der Waals surface area contributed by atoms with Gasteiger partial charge in [-0.15, -0.1) is 0 Å². The molecule has 0 saturated heterocycles. The maximum absolute atomic E-state index is 13.0. The number of allylic oxidation sites excluding steroid dienone is 10. The second-order valence-electron chi connectivity index (χ2n) is 16.8. The second kappa shape index (κ2) is 38.7. The molecule has 0 amide bonds. The molecule has 0 aromatic rings. The number of unbranched alkanes of at least 4 members (excludes halogenated alkanes) is 12. The van der Waals surface area contributed by atoms with Gasteiger partial charge in [0.1, 0.15) is 43.2 Å². The standard InChI is InChI=1S/C49H82O18P2/c1-3-5-7-8-9-10-11-12-13-14-15-16-20-23-29-36-43(53)65-41(38-64-69(61,62)67-49-46(56)44(54)45(55)48(47(49)57)66-68(58,59)60)37-63-42(52)35-30-24-28-34-40(51)33-27-22-19-17-18-21-26-32-39(50)31-25-6-4-2/h6,10-11,18-19,21-22,25-28,32-34,39-41,44-51,54-57H,3-5,7-9,12-17,20,23-24,29-31,35-38H2,1-2H3,(H,61,62)(H2,58,59,60)/b11-10-,21-18-,22-19-,25-6-,32-26+,33-27+,34-28-/t39-,40-,41-,44?,45?,46?,47?,48-,49+/m1/s1. The number of esters is 2. The van der Waals surface area contributed by atoms with Crippen LogP contribution in [-0.2, 0) is 41.8 Å². The molecule has 5 unspecified atom stereocenters. The van der Waals surface area contributed by atoms with Crippen molar-refractivity contribution in [3.05, 3.63) is 85.1 Å². The lowest BCUT2D eigenvalue weighted by atomic mass is 9.85. The Labute approximate surface area is 409 Å². The number of ether oxygens (including phenoxy) is 2. The zero-order chi connectivity index (χ0) is 51.3. The lowest BCUT2D eigenvalue weighted by molar-refractivity contribution is -0.216. The fourth-order valence-corrected chi connectivity index (χ4v) is 8.36. The Morgan fingerprint density at radius 3 is 1.75 bits per heavy atom. The van der Waals surface area contributed by atoms with Crippen molar-refractivity contribution in [3.8, 4) is 0 Å². The molecule has 0 aromatic carbocycles. The quantitative estimate of drug-likeness (QED) is 0.00957. The maximum atomic E-state index is 13.0. The molecule has 1 saturated carbocycles. The van der Waals surface area contributed by atoms with Gasteiger partial charge in [0, 0.05) is 12.8 Å². The third kappa shape index (κ3) is 33.4. The Balaban J connectivity index is 2.68. The summed E-state index contributed by atoms with van der Waals surface area (Å²) < 4.78 is 49.2. The van der Waals surface area contributed by atoms with Crippen LogP contribution in [0.2, 0.25) is 0 Å². The lowest BCUT2D eigenvalue weighted by Gasteiger charge is -2.43. The summed E-state index contributed by atoms with van der Waals surface area (Å²) >= 11 is 0. The van der Waals surface area contributed by atoms with Crippen LogP contribution in [0.25, 0.3) is 0 Å². The SMILES string of the molecule is CC/C=C\C[C@@H](O)/C=C/C=C\C/C=C\C=C\[C@@H](O)/C=C\CCCC(=O)OC[C@H](COP(=O)(O)O[C@H]1C(O)C(O)C(O)[C@@H](OP(=O)(O)O)C1O)OC(=O)CCCCCCCCC/C=C\CCCCCC. The number of aliphatic hydroxyl groups is 6. The normalized spacial score (nSPS) is 22.8. The molecule has 0 spiro atoms. The highest BCUT2D eigenvalue weighted by Crippen LogP contribution is 2.49. The topological polar surface area (TPSA) is 296 Å². The van der Waals surface area contributed by atoms with Gasteiger partial charge in [-0.2, -0.15) is 0 Å². The number of hydrogen-bond donors (Lipinski definition) is 9. The van der Waals surface area contributed by atoms with E-state index in [0.29, 0.717) is 32.1 Å². The molecule has 18 nitrogen and oxygen atoms in total. The van der Waals surface area contributed by atoms with Crippen molar-refractivity contribution >= 4 is 27.6 Å². The Kier molecular flexibility index (Phi) is 36.0. The molecule has 0 bridgehead atoms. The number of phosphoric acid groups is 2. The van der Waals surface area contributed by atoms with E-state index in [0.717, 1.165) is 57.8 Å². The summed E-state index contributed by atoms with van der Waals surface area (Å²) in [4.78, 5) is 54.3. The summed E-state index contributed by atoms with van der Waals surface area (Å²) in [5.41, 5.74) is 0. The highest BCUT2D eigenvalue weighted by atomic mass is 31.2. The maximum Gasteiger partial charge on any atom is 0.472 e. The van der Waals surface area contributed by atoms with Crippen molar-refractivity contribution in [2.24, 2.45) is 0 Å². The van der Waals surface area contributed by atoms with E-state index < -0.39 is 95.7 Å². The molecule has 9 N–H and O–H groups in total. The predicted molar refractivity (Wildman–Crippen MR) is 262 cm³/mol. The van der Waals surface area contributed by atoms with Gasteiger partial charge in [-0.05, 0) is 64.2 Å². The van der Waals surface area contributed by atoms with E-state index in [1.807, 2.05) is 37.3 Å². The summed E-state index contributed by atoms with van der Waals surface area (Å²) in [6.07, 6.45) is 26.0. The number of carbonyl (C=O) groups is 2. The first-order valence-corrected chi connectivity index (χ1v) is 27.4. The third-order valence-electron chi connectivity index (χ3n) is 10.6. The van der Waals surface area contributed by atoms with Crippen molar-refractivity contribution < 1.29 is 87.1 Å². The van der Waals surface area contributed by atoms with Crippen molar-refractivity contribution in [1.82, 2.24) is 0 Å². The number of rotatable bonds is 39. The van der Waals surface area contributed by atoms with Gasteiger partial charge in [-0.25, -0.2) is 9.13 Å². The van der Waals surface area contributed by atoms with Crippen molar-refractivity contribution in [2.75, 3.05) is 13.2 Å². The lowest BCUT2D eigenvalue weighted by Crippen LogP contribution is -2.64. The van der Waals surface area contributed by atoms with Crippen LogP contribution >= 0.6 is 15.6 Å². The summed E-state index contributed by atoms with van der Waals surface area (Å²) in [6.45, 7) is 2.74. The third-order valence-corrected chi connectivity index (χ3v) is 12.1. The minimum Gasteiger partial charge on any atom is -0.462 e. The Hall–Kier alpha value is -2.90. The van der Waals surface area contributed by atoms with E-state index in [1.165, 1.54) is 25.7 Å². The van der Waals surface area contributed by atoms with Crippen LogP contribution in [0.5, 0.6) is 0 Å². The molecule has 0 radical (unpaired) electrons. The Morgan fingerprint density at radius 2 is 1.13 bits per heavy atom. The van der Waals surface area contributed by atoms with E-state index >= 15 is 0 Å². The Bertz CT molecular complexity index is 1690. The molecule has 20 heteroatoms. The average molecular weight is 1020 g/mol. The molecular weight excluding hydrogens is 938 g/mol. The average Bonchev–Trinajstić information content (AvgIpc) is 3.29. The van der Waals surface area contributed by atoms with Gasteiger partial charge in [0.2, 0.25) is 0 Å². The molecule has 1 aliphatic rings. The fraction of sp³-hybridized carbons (Fsp3) is 0.673. The van der Waals surface area contributed by atoms with Gasteiger partial charge < -0.3 is 54.8 Å². The summed E-state index contributed by atoms with van der Waals surface area (Å²) in [7, 11) is -10.8. The number of hydrogen-bond acceptors (Lipinski definition) is 15. The van der Waals surface area contributed by atoms with Gasteiger partial charge in [-0.3, -0.25) is 23.2 Å². The van der Waals surface area contributed by atoms with Crippen molar-refractivity contribution in [1.29, 1.82) is 0 Å². The summed E-state index contributed by atoms with van der Waals surface area (Å²) in [5, 5.41) is 61.3. The van der Waals surface area contributed by atoms with Gasteiger partial charge in [0.15, 0.2) is 6.10 Å². The molecule has 69 heavy (non-hydrogen) atoms.